The number of rotatable bonds is 3. The highest BCUT2D eigenvalue weighted by atomic mass is 19.3. The molecular formula is C11H18F2N4. The largest absolute Gasteiger partial charge is 0.328 e. The quantitative estimate of drug-likeness (QED) is 0.878. The van der Waals surface area contributed by atoms with E-state index < -0.39 is 6.55 Å². The fourth-order valence-corrected chi connectivity index (χ4v) is 2.32. The predicted molar refractivity (Wildman–Crippen MR) is 60.6 cm³/mol. The van der Waals surface area contributed by atoms with E-state index in [4.69, 9.17) is 5.73 Å². The first-order valence-electron chi connectivity index (χ1n) is 5.87. The molecule has 2 rings (SSSR count). The van der Waals surface area contributed by atoms with Crippen LogP contribution in [0, 0.1) is 0 Å². The molecular weight excluding hydrogens is 226 g/mol. The molecule has 0 spiro atoms. The molecule has 2 unspecified atom stereocenters. The van der Waals surface area contributed by atoms with Crippen LogP contribution in [0.25, 0.3) is 0 Å². The van der Waals surface area contributed by atoms with E-state index in [2.05, 4.69) is 16.8 Å². The fraction of sp³-hybridized carbons (Fsp3) is 0.727. The monoisotopic (exact) mass is 244 g/mol. The first-order valence-corrected chi connectivity index (χ1v) is 5.87. The number of alkyl halides is 2. The first kappa shape index (κ1) is 12.4. The van der Waals surface area contributed by atoms with Crippen molar-refractivity contribution < 1.29 is 8.78 Å². The lowest BCUT2D eigenvalue weighted by Gasteiger charge is -2.36. The van der Waals surface area contributed by atoms with Crippen LogP contribution in [0.2, 0.25) is 0 Å². The Hall–Kier alpha value is -1.01. The third-order valence-electron chi connectivity index (χ3n) is 3.36. The third kappa shape index (κ3) is 2.81. The number of halogens is 2. The Bertz CT molecular complexity index is 366. The van der Waals surface area contributed by atoms with Crippen molar-refractivity contribution >= 4 is 0 Å². The number of piperidine rings is 1. The number of nitrogens with two attached hydrogens (primary N) is 1. The second-order valence-corrected chi connectivity index (χ2v) is 4.63. The smallest absolute Gasteiger partial charge is 0.319 e. The zero-order valence-corrected chi connectivity index (χ0v) is 9.89. The highest BCUT2D eigenvalue weighted by Crippen LogP contribution is 2.20. The molecule has 96 valence electrons. The van der Waals surface area contributed by atoms with E-state index in [-0.39, 0.29) is 6.04 Å². The molecule has 1 fully saturated rings. The number of imidazole rings is 1. The van der Waals surface area contributed by atoms with Gasteiger partial charge in [0.15, 0.2) is 0 Å². The van der Waals surface area contributed by atoms with E-state index in [1.807, 2.05) is 0 Å². The number of likely N-dealkylation sites (tertiary alicyclic amines) is 1. The van der Waals surface area contributed by atoms with Gasteiger partial charge in [-0.25, -0.2) is 4.98 Å². The van der Waals surface area contributed by atoms with E-state index in [9.17, 15) is 8.78 Å². The van der Waals surface area contributed by atoms with Crippen LogP contribution in [0.4, 0.5) is 8.78 Å². The fourth-order valence-electron chi connectivity index (χ4n) is 2.32. The summed E-state index contributed by atoms with van der Waals surface area (Å²) in [7, 11) is 0. The Balaban J connectivity index is 2.03. The van der Waals surface area contributed by atoms with E-state index in [0.29, 0.717) is 18.4 Å². The van der Waals surface area contributed by atoms with Gasteiger partial charge >= 0.3 is 6.55 Å². The Morgan fingerprint density at radius 2 is 2.35 bits per heavy atom. The van der Waals surface area contributed by atoms with Crippen molar-refractivity contribution in [1.29, 1.82) is 0 Å². The SMILES string of the molecule is CC1CC(N)CCN1Cc1nccn1C(F)F. The molecule has 6 heteroatoms. The average Bonchev–Trinajstić information content (AvgIpc) is 2.70. The summed E-state index contributed by atoms with van der Waals surface area (Å²) in [6.45, 7) is 0.869. The van der Waals surface area contributed by atoms with E-state index in [0.717, 1.165) is 24.0 Å². The molecule has 4 nitrogen and oxygen atoms in total. The number of nitrogens with zero attached hydrogens (tertiary/aromatic N) is 3. The van der Waals surface area contributed by atoms with Gasteiger partial charge in [0.1, 0.15) is 5.82 Å². The van der Waals surface area contributed by atoms with Crippen LogP contribution in [0.3, 0.4) is 0 Å². The molecule has 17 heavy (non-hydrogen) atoms. The van der Waals surface area contributed by atoms with E-state index in [1.54, 1.807) is 0 Å². The average molecular weight is 244 g/mol. The summed E-state index contributed by atoms with van der Waals surface area (Å²) in [6, 6.07) is 0.553. The van der Waals surface area contributed by atoms with Gasteiger partial charge in [-0.05, 0) is 19.8 Å². The molecule has 0 radical (unpaired) electrons. The maximum Gasteiger partial charge on any atom is 0.319 e. The standard InChI is InChI=1S/C11H18F2N4/c1-8-6-9(14)2-4-16(8)7-10-15-3-5-17(10)11(12)13/h3,5,8-9,11H,2,4,6-7,14H2,1H3. The number of hydrogen-bond donors (Lipinski definition) is 1. The Morgan fingerprint density at radius 3 is 3.00 bits per heavy atom. The van der Waals surface area contributed by atoms with Crippen LogP contribution in [0.5, 0.6) is 0 Å². The maximum absolute atomic E-state index is 12.7. The topological polar surface area (TPSA) is 47.1 Å². The van der Waals surface area contributed by atoms with Crippen molar-refractivity contribution in [3.05, 3.63) is 18.2 Å². The van der Waals surface area contributed by atoms with Gasteiger partial charge in [-0.15, -0.1) is 0 Å². The second kappa shape index (κ2) is 5.10. The zero-order chi connectivity index (χ0) is 12.4. The second-order valence-electron chi connectivity index (χ2n) is 4.63. The van der Waals surface area contributed by atoms with Crippen LogP contribution in [0.15, 0.2) is 12.4 Å². The molecule has 1 aromatic heterocycles. The highest BCUT2D eigenvalue weighted by Gasteiger charge is 2.24. The molecule has 0 bridgehead atoms. The molecule has 1 aromatic rings. The van der Waals surface area contributed by atoms with E-state index >= 15 is 0 Å². The molecule has 0 aliphatic carbocycles. The van der Waals surface area contributed by atoms with Crippen LogP contribution >= 0.6 is 0 Å². The minimum absolute atomic E-state index is 0.232. The molecule has 0 amide bonds. The predicted octanol–water partition coefficient (Wildman–Crippen LogP) is 1.59. The molecule has 1 aliphatic heterocycles. The summed E-state index contributed by atoms with van der Waals surface area (Å²) in [5.74, 6) is 0.419. The molecule has 2 heterocycles. The molecule has 0 aromatic carbocycles. The van der Waals surface area contributed by atoms with Gasteiger partial charge in [-0.3, -0.25) is 9.47 Å². The lowest BCUT2D eigenvalue weighted by atomic mass is 9.99. The van der Waals surface area contributed by atoms with Gasteiger partial charge in [0.25, 0.3) is 0 Å². The summed E-state index contributed by atoms with van der Waals surface area (Å²) in [4.78, 5) is 6.15. The summed E-state index contributed by atoms with van der Waals surface area (Å²) in [5.41, 5.74) is 5.87. The van der Waals surface area contributed by atoms with Crippen molar-refractivity contribution in [2.24, 2.45) is 5.73 Å². The Kier molecular flexibility index (Phi) is 3.73. The molecule has 1 aliphatic rings. The van der Waals surface area contributed by atoms with Crippen molar-refractivity contribution in [3.63, 3.8) is 0 Å². The van der Waals surface area contributed by atoms with Crippen molar-refractivity contribution in [2.45, 2.75) is 44.9 Å². The molecule has 2 N–H and O–H groups in total. The van der Waals surface area contributed by atoms with Crippen LogP contribution < -0.4 is 5.73 Å². The number of aromatic nitrogens is 2. The van der Waals surface area contributed by atoms with Crippen LogP contribution in [-0.2, 0) is 6.54 Å². The van der Waals surface area contributed by atoms with Crippen molar-refractivity contribution in [3.8, 4) is 0 Å². The van der Waals surface area contributed by atoms with Crippen molar-refractivity contribution in [2.75, 3.05) is 6.54 Å². The third-order valence-corrected chi connectivity index (χ3v) is 3.36. The summed E-state index contributed by atoms with van der Waals surface area (Å²) in [5, 5.41) is 0. The molecule has 1 saturated heterocycles. The van der Waals surface area contributed by atoms with Gasteiger partial charge in [0, 0.05) is 31.0 Å². The lowest BCUT2D eigenvalue weighted by Crippen LogP contribution is -2.45. The normalized spacial score (nSPS) is 26.6. The van der Waals surface area contributed by atoms with Crippen LogP contribution in [0.1, 0.15) is 32.1 Å². The first-order chi connectivity index (χ1) is 8.08. The van der Waals surface area contributed by atoms with Gasteiger partial charge < -0.3 is 5.73 Å². The van der Waals surface area contributed by atoms with Crippen molar-refractivity contribution in [1.82, 2.24) is 14.5 Å². The lowest BCUT2D eigenvalue weighted by molar-refractivity contribution is 0.0597. The maximum atomic E-state index is 12.7. The summed E-state index contributed by atoms with van der Waals surface area (Å²) < 4.78 is 26.2. The van der Waals surface area contributed by atoms with Gasteiger partial charge in [0.05, 0.1) is 6.54 Å². The van der Waals surface area contributed by atoms with Gasteiger partial charge in [-0.2, -0.15) is 8.78 Å². The minimum Gasteiger partial charge on any atom is -0.328 e. The Labute approximate surface area is 99.4 Å². The van der Waals surface area contributed by atoms with Crippen LogP contribution in [-0.4, -0.2) is 33.1 Å². The summed E-state index contributed by atoms with van der Waals surface area (Å²) >= 11 is 0. The highest BCUT2D eigenvalue weighted by molar-refractivity contribution is 4.94. The van der Waals surface area contributed by atoms with Gasteiger partial charge in [-0.1, -0.05) is 0 Å². The van der Waals surface area contributed by atoms with E-state index in [1.165, 1.54) is 12.4 Å². The Morgan fingerprint density at radius 1 is 1.59 bits per heavy atom. The minimum atomic E-state index is -2.52. The zero-order valence-electron chi connectivity index (χ0n) is 9.89. The molecule has 2 atom stereocenters. The number of hydrogen-bond acceptors (Lipinski definition) is 3. The molecule has 0 saturated carbocycles. The van der Waals surface area contributed by atoms with Gasteiger partial charge in [0.2, 0.25) is 0 Å². The summed E-state index contributed by atoms with van der Waals surface area (Å²) in [6.07, 6.45) is 4.57.